The van der Waals surface area contributed by atoms with Gasteiger partial charge >= 0.3 is 5.97 Å². The van der Waals surface area contributed by atoms with Gasteiger partial charge in [0.15, 0.2) is 15.9 Å². The molecule has 2 atom stereocenters. The van der Waals surface area contributed by atoms with Crippen LogP contribution in [0.25, 0.3) is 11.0 Å². The van der Waals surface area contributed by atoms with Crippen LogP contribution in [0.1, 0.15) is 36.4 Å². The average molecular weight is 486 g/mol. The molecule has 9 heteroatoms. The Hall–Kier alpha value is -3.33. The highest BCUT2D eigenvalue weighted by Gasteiger charge is 2.36. The number of para-hydroxylation sites is 2. The Bertz CT molecular complexity index is 1280. The van der Waals surface area contributed by atoms with E-state index in [1.54, 1.807) is 19.1 Å². The molecule has 0 bridgehead atoms. The molecular formula is C25H27NO7S. The number of hydrogen-bond donors (Lipinski definition) is 0. The number of likely N-dealkylation sites (N-methyl/N-ethyl adjacent to an activating group) is 1. The summed E-state index contributed by atoms with van der Waals surface area (Å²) in [5, 5.41) is 0.718. The first kappa shape index (κ1) is 23.8. The van der Waals surface area contributed by atoms with Crippen molar-refractivity contribution >= 4 is 32.7 Å². The van der Waals surface area contributed by atoms with Gasteiger partial charge in [-0.25, -0.2) is 13.2 Å². The molecule has 0 spiro atoms. The molecule has 1 fully saturated rings. The molecular weight excluding hydrogens is 458 g/mol. The van der Waals surface area contributed by atoms with E-state index in [1.807, 2.05) is 42.5 Å². The number of nitrogens with zero attached hydrogens (tertiary/aromatic N) is 1. The van der Waals surface area contributed by atoms with Gasteiger partial charge in [0.2, 0.25) is 5.76 Å². The first-order valence-electron chi connectivity index (χ1n) is 11.2. The second-order valence-corrected chi connectivity index (χ2v) is 10.5. The molecule has 2 heterocycles. The summed E-state index contributed by atoms with van der Waals surface area (Å²) in [7, 11) is -3.16. The maximum absolute atomic E-state index is 13.1. The molecule has 3 aromatic rings. The summed E-state index contributed by atoms with van der Waals surface area (Å²) < 4.78 is 40.8. The summed E-state index contributed by atoms with van der Waals surface area (Å²) >= 11 is 0. The van der Waals surface area contributed by atoms with Crippen LogP contribution in [0.4, 0.5) is 0 Å². The van der Waals surface area contributed by atoms with E-state index in [0.717, 1.165) is 5.39 Å². The fourth-order valence-corrected chi connectivity index (χ4v) is 5.92. The fourth-order valence-electron chi connectivity index (χ4n) is 4.19. The molecule has 180 valence electrons. The molecule has 0 saturated carbocycles. The third-order valence-corrected chi connectivity index (χ3v) is 7.66. The van der Waals surface area contributed by atoms with E-state index in [9.17, 15) is 18.0 Å². The first-order valence-corrected chi connectivity index (χ1v) is 13.0. The Balaban J connectivity index is 1.52. The number of hydrogen-bond acceptors (Lipinski definition) is 7. The van der Waals surface area contributed by atoms with E-state index in [-0.39, 0.29) is 23.9 Å². The smallest absolute Gasteiger partial charge is 0.375 e. The summed E-state index contributed by atoms with van der Waals surface area (Å²) in [5.41, 5.74) is 1.03. The third-order valence-electron chi connectivity index (χ3n) is 5.91. The van der Waals surface area contributed by atoms with Gasteiger partial charge in [-0.15, -0.1) is 0 Å². The number of sulfone groups is 1. The van der Waals surface area contributed by atoms with E-state index in [2.05, 4.69) is 0 Å². The van der Waals surface area contributed by atoms with E-state index in [1.165, 1.54) is 11.8 Å². The molecule has 1 amide bonds. The zero-order valence-corrected chi connectivity index (χ0v) is 19.9. The molecule has 0 aliphatic carbocycles. The number of carbonyl (C=O) groups is 2. The van der Waals surface area contributed by atoms with E-state index in [4.69, 9.17) is 13.9 Å². The minimum absolute atomic E-state index is 0.0247. The van der Waals surface area contributed by atoms with Crippen molar-refractivity contribution in [1.29, 1.82) is 0 Å². The lowest BCUT2D eigenvalue weighted by Gasteiger charge is -2.29. The van der Waals surface area contributed by atoms with Crippen molar-refractivity contribution in [3.05, 3.63) is 65.9 Å². The van der Waals surface area contributed by atoms with Gasteiger partial charge < -0.3 is 18.8 Å². The number of rotatable bonds is 8. The van der Waals surface area contributed by atoms with Crippen LogP contribution in [0.3, 0.4) is 0 Å². The van der Waals surface area contributed by atoms with Crippen LogP contribution in [-0.2, 0) is 26.0 Å². The van der Waals surface area contributed by atoms with Gasteiger partial charge in [-0.3, -0.25) is 4.79 Å². The van der Waals surface area contributed by atoms with E-state index >= 15 is 0 Å². The van der Waals surface area contributed by atoms with Crippen LogP contribution >= 0.6 is 0 Å². The Morgan fingerprint density at radius 3 is 2.50 bits per heavy atom. The predicted molar refractivity (Wildman–Crippen MR) is 126 cm³/mol. The lowest BCUT2D eigenvalue weighted by Crippen LogP contribution is -2.46. The van der Waals surface area contributed by atoms with Crippen molar-refractivity contribution in [3.63, 3.8) is 0 Å². The van der Waals surface area contributed by atoms with Crippen LogP contribution in [0.15, 0.2) is 59.0 Å². The van der Waals surface area contributed by atoms with Crippen molar-refractivity contribution in [2.75, 3.05) is 18.1 Å². The van der Waals surface area contributed by atoms with Crippen LogP contribution < -0.4 is 4.74 Å². The van der Waals surface area contributed by atoms with Gasteiger partial charge in [0.05, 0.1) is 17.1 Å². The predicted octanol–water partition coefficient (Wildman–Crippen LogP) is 3.59. The number of fused-ring (bicyclic) bond motifs is 1. The molecule has 2 aromatic carbocycles. The molecule has 34 heavy (non-hydrogen) atoms. The van der Waals surface area contributed by atoms with Gasteiger partial charge in [0.1, 0.15) is 17.9 Å². The van der Waals surface area contributed by atoms with Crippen molar-refractivity contribution in [1.82, 2.24) is 4.90 Å². The fraction of sp³-hybridized carbons (Fsp3) is 0.360. The maximum atomic E-state index is 13.1. The molecule has 8 nitrogen and oxygen atoms in total. The highest BCUT2D eigenvalue weighted by atomic mass is 32.2. The average Bonchev–Trinajstić information content (AvgIpc) is 3.38. The standard InChI is InChI=1S/C25H27NO7S/c1-3-26(18-13-14-34(29,30)16-18)24(27)17(2)32-25(28)23-21(15-31-19-9-5-4-6-10-19)20-11-7-8-12-22(20)33-23/h4-12,17-18H,3,13-16H2,1-2H3. The molecule has 1 saturated heterocycles. The maximum Gasteiger partial charge on any atom is 0.375 e. The normalized spacial score (nSPS) is 17.9. The van der Waals surface area contributed by atoms with Crippen LogP contribution in [0, 0.1) is 0 Å². The summed E-state index contributed by atoms with van der Waals surface area (Å²) in [6, 6.07) is 16.0. The van der Waals surface area contributed by atoms with Gasteiger partial charge in [-0.1, -0.05) is 36.4 Å². The second kappa shape index (κ2) is 9.89. The topological polar surface area (TPSA) is 103 Å². The molecule has 2 unspecified atom stereocenters. The molecule has 0 N–H and O–H groups in total. The summed E-state index contributed by atoms with van der Waals surface area (Å²) in [4.78, 5) is 27.5. The quantitative estimate of drug-likeness (QED) is 0.449. The zero-order valence-electron chi connectivity index (χ0n) is 19.1. The van der Waals surface area contributed by atoms with E-state index in [0.29, 0.717) is 29.9 Å². The molecule has 4 rings (SSSR count). The molecule has 0 radical (unpaired) electrons. The van der Waals surface area contributed by atoms with Crippen molar-refractivity contribution in [2.24, 2.45) is 0 Å². The number of furan rings is 1. The Morgan fingerprint density at radius 2 is 1.82 bits per heavy atom. The third kappa shape index (κ3) is 5.09. The van der Waals surface area contributed by atoms with Crippen LogP contribution in [0.2, 0.25) is 0 Å². The second-order valence-electron chi connectivity index (χ2n) is 8.24. The Kier molecular flexibility index (Phi) is 6.92. The summed E-state index contributed by atoms with van der Waals surface area (Å²) in [6.07, 6.45) is -0.723. The largest absolute Gasteiger partial charge is 0.489 e. The lowest BCUT2D eigenvalue weighted by molar-refractivity contribution is -0.141. The van der Waals surface area contributed by atoms with Gasteiger partial charge in [-0.2, -0.15) is 0 Å². The summed E-state index contributed by atoms with van der Waals surface area (Å²) in [6.45, 7) is 3.65. The number of carbonyl (C=O) groups excluding carboxylic acids is 2. The number of ether oxygens (including phenoxy) is 2. The van der Waals surface area contributed by atoms with Crippen molar-refractivity contribution < 1.29 is 31.9 Å². The number of amides is 1. The molecule has 1 aliphatic heterocycles. The zero-order chi connectivity index (χ0) is 24.3. The lowest BCUT2D eigenvalue weighted by atomic mass is 10.1. The van der Waals surface area contributed by atoms with Gasteiger partial charge in [0, 0.05) is 18.0 Å². The van der Waals surface area contributed by atoms with E-state index < -0.39 is 33.9 Å². The van der Waals surface area contributed by atoms with Crippen LogP contribution in [-0.4, -0.2) is 55.4 Å². The minimum Gasteiger partial charge on any atom is -0.489 e. The molecule has 1 aromatic heterocycles. The monoisotopic (exact) mass is 485 g/mol. The van der Waals surface area contributed by atoms with Gasteiger partial charge in [0.25, 0.3) is 5.91 Å². The minimum atomic E-state index is -3.16. The SMILES string of the molecule is CCN(C(=O)C(C)OC(=O)c1oc2ccccc2c1COc1ccccc1)C1CCS(=O)(=O)C1. The Labute approximate surface area is 198 Å². The van der Waals surface area contributed by atoms with Crippen molar-refractivity contribution in [3.8, 4) is 5.75 Å². The Morgan fingerprint density at radius 1 is 1.12 bits per heavy atom. The highest BCUT2D eigenvalue weighted by Crippen LogP contribution is 2.28. The number of benzene rings is 2. The highest BCUT2D eigenvalue weighted by molar-refractivity contribution is 7.91. The first-order chi connectivity index (χ1) is 16.3. The summed E-state index contributed by atoms with van der Waals surface area (Å²) in [5.74, 6) is -0.615. The van der Waals surface area contributed by atoms with Crippen LogP contribution in [0.5, 0.6) is 5.75 Å². The number of esters is 1. The van der Waals surface area contributed by atoms with Gasteiger partial charge in [-0.05, 0) is 38.5 Å². The van der Waals surface area contributed by atoms with Crippen molar-refractivity contribution in [2.45, 2.75) is 39.0 Å². The molecule has 1 aliphatic rings.